The highest BCUT2D eigenvalue weighted by atomic mass is 16.4. The predicted molar refractivity (Wildman–Crippen MR) is 69.2 cm³/mol. The van der Waals surface area contributed by atoms with Gasteiger partial charge < -0.3 is 5.11 Å². The molecule has 1 N–H and O–H groups in total. The van der Waals surface area contributed by atoms with E-state index >= 15 is 0 Å². The van der Waals surface area contributed by atoms with Crippen molar-refractivity contribution < 1.29 is 9.90 Å². The third kappa shape index (κ3) is 3.96. The van der Waals surface area contributed by atoms with Crippen LogP contribution in [0.25, 0.3) is 0 Å². The molecule has 0 aromatic heterocycles. The number of aliphatic carboxylic acids is 1. The van der Waals surface area contributed by atoms with E-state index in [0.717, 1.165) is 25.9 Å². The van der Waals surface area contributed by atoms with Crippen molar-refractivity contribution in [1.29, 1.82) is 0 Å². The first-order valence-electron chi connectivity index (χ1n) is 6.67. The van der Waals surface area contributed by atoms with E-state index in [1.165, 1.54) is 0 Å². The summed E-state index contributed by atoms with van der Waals surface area (Å²) in [5, 5.41) is 9.01. The van der Waals surface area contributed by atoms with Gasteiger partial charge in [-0.05, 0) is 33.6 Å². The minimum Gasteiger partial charge on any atom is -0.480 e. The maximum atomic E-state index is 10.9. The fourth-order valence-electron chi connectivity index (χ4n) is 2.54. The second kappa shape index (κ2) is 6.36. The number of rotatable bonds is 6. The molecule has 0 amide bonds. The highest BCUT2D eigenvalue weighted by molar-refractivity contribution is 5.69. The highest BCUT2D eigenvalue weighted by Crippen LogP contribution is 2.20. The van der Waals surface area contributed by atoms with Crippen LogP contribution in [-0.4, -0.2) is 58.6 Å². The largest absolute Gasteiger partial charge is 0.480 e. The Morgan fingerprint density at radius 2 is 2.12 bits per heavy atom. The van der Waals surface area contributed by atoms with E-state index in [1.807, 2.05) is 0 Å². The summed E-state index contributed by atoms with van der Waals surface area (Å²) in [5.41, 5.74) is 0. The molecule has 0 aromatic carbocycles. The van der Waals surface area contributed by atoms with Gasteiger partial charge in [0.1, 0.15) is 0 Å². The first-order chi connectivity index (χ1) is 7.95. The smallest absolute Gasteiger partial charge is 0.317 e. The zero-order valence-electron chi connectivity index (χ0n) is 11.5. The zero-order valence-corrected chi connectivity index (χ0v) is 11.5. The molecular formula is C13H26N2O2. The van der Waals surface area contributed by atoms with Crippen molar-refractivity contribution in [2.24, 2.45) is 0 Å². The van der Waals surface area contributed by atoms with Crippen molar-refractivity contribution in [3.63, 3.8) is 0 Å². The van der Waals surface area contributed by atoms with E-state index in [9.17, 15) is 4.79 Å². The zero-order chi connectivity index (χ0) is 13.0. The Hall–Kier alpha value is -0.610. The SMILES string of the molecule is CCC(C)N(CC(=O)O)C1CCN(C(C)C)C1. The van der Waals surface area contributed by atoms with Gasteiger partial charge in [0.05, 0.1) is 6.54 Å². The maximum absolute atomic E-state index is 10.9. The summed E-state index contributed by atoms with van der Waals surface area (Å²) in [6, 6.07) is 1.32. The van der Waals surface area contributed by atoms with Gasteiger partial charge in [0.15, 0.2) is 0 Å². The van der Waals surface area contributed by atoms with E-state index in [2.05, 4.69) is 37.5 Å². The van der Waals surface area contributed by atoms with E-state index in [0.29, 0.717) is 18.1 Å². The molecule has 1 heterocycles. The van der Waals surface area contributed by atoms with Gasteiger partial charge in [-0.25, -0.2) is 0 Å². The minimum atomic E-state index is -0.715. The number of hydrogen-bond acceptors (Lipinski definition) is 3. The molecular weight excluding hydrogens is 216 g/mol. The molecule has 4 heteroatoms. The Morgan fingerprint density at radius 1 is 1.47 bits per heavy atom. The van der Waals surface area contributed by atoms with Crippen molar-refractivity contribution >= 4 is 5.97 Å². The van der Waals surface area contributed by atoms with Crippen LogP contribution in [0.3, 0.4) is 0 Å². The number of carbonyl (C=O) groups is 1. The Labute approximate surface area is 105 Å². The van der Waals surface area contributed by atoms with Gasteiger partial charge in [-0.2, -0.15) is 0 Å². The lowest BCUT2D eigenvalue weighted by molar-refractivity contribution is -0.139. The molecule has 0 aromatic rings. The number of hydrogen-bond donors (Lipinski definition) is 1. The van der Waals surface area contributed by atoms with E-state index in [-0.39, 0.29) is 6.54 Å². The van der Waals surface area contributed by atoms with Gasteiger partial charge in [-0.15, -0.1) is 0 Å². The summed E-state index contributed by atoms with van der Waals surface area (Å²) in [6.45, 7) is 10.9. The van der Waals surface area contributed by atoms with E-state index in [4.69, 9.17) is 5.11 Å². The lowest BCUT2D eigenvalue weighted by atomic mass is 10.1. The van der Waals surface area contributed by atoms with Gasteiger partial charge in [0.25, 0.3) is 0 Å². The van der Waals surface area contributed by atoms with Gasteiger partial charge in [0, 0.05) is 31.2 Å². The van der Waals surface area contributed by atoms with Crippen molar-refractivity contribution in [3.05, 3.63) is 0 Å². The summed E-state index contributed by atoms with van der Waals surface area (Å²) in [5.74, 6) is -0.715. The van der Waals surface area contributed by atoms with Crippen LogP contribution in [0.1, 0.15) is 40.5 Å². The van der Waals surface area contributed by atoms with Crippen LogP contribution in [0, 0.1) is 0 Å². The third-order valence-electron chi connectivity index (χ3n) is 3.87. The van der Waals surface area contributed by atoms with Crippen LogP contribution >= 0.6 is 0 Å². The quantitative estimate of drug-likeness (QED) is 0.769. The molecule has 2 unspecified atom stereocenters. The Bertz CT molecular complexity index is 256. The number of nitrogens with zero attached hydrogens (tertiary/aromatic N) is 2. The molecule has 0 radical (unpaired) electrons. The highest BCUT2D eigenvalue weighted by Gasteiger charge is 2.31. The van der Waals surface area contributed by atoms with E-state index in [1.54, 1.807) is 0 Å². The van der Waals surface area contributed by atoms with Gasteiger partial charge >= 0.3 is 5.97 Å². The van der Waals surface area contributed by atoms with Crippen LogP contribution in [0.4, 0.5) is 0 Å². The molecule has 1 aliphatic heterocycles. The lowest BCUT2D eigenvalue weighted by Crippen LogP contribution is -2.46. The van der Waals surface area contributed by atoms with Crippen LogP contribution in [0.5, 0.6) is 0 Å². The predicted octanol–water partition coefficient (Wildman–Crippen LogP) is 1.65. The first kappa shape index (κ1) is 14.5. The summed E-state index contributed by atoms with van der Waals surface area (Å²) in [6.07, 6.45) is 2.10. The molecule has 0 spiro atoms. The van der Waals surface area contributed by atoms with Crippen molar-refractivity contribution in [1.82, 2.24) is 9.80 Å². The average Bonchev–Trinajstić information content (AvgIpc) is 2.73. The second-order valence-corrected chi connectivity index (χ2v) is 5.35. The van der Waals surface area contributed by atoms with Crippen LogP contribution in [0.2, 0.25) is 0 Å². The summed E-state index contributed by atoms with van der Waals surface area (Å²) >= 11 is 0. The molecule has 1 fully saturated rings. The van der Waals surface area contributed by atoms with Gasteiger partial charge in [-0.3, -0.25) is 14.6 Å². The Morgan fingerprint density at radius 3 is 2.53 bits per heavy atom. The van der Waals surface area contributed by atoms with Crippen LogP contribution in [-0.2, 0) is 4.79 Å². The van der Waals surface area contributed by atoms with Gasteiger partial charge in [-0.1, -0.05) is 6.92 Å². The second-order valence-electron chi connectivity index (χ2n) is 5.35. The molecule has 1 saturated heterocycles. The summed E-state index contributed by atoms with van der Waals surface area (Å²) in [7, 11) is 0. The number of carboxylic acid groups (broad SMARTS) is 1. The topological polar surface area (TPSA) is 43.8 Å². The summed E-state index contributed by atoms with van der Waals surface area (Å²) in [4.78, 5) is 15.5. The molecule has 1 rings (SSSR count). The molecule has 1 aliphatic rings. The number of carboxylic acids is 1. The minimum absolute atomic E-state index is 0.172. The standard InChI is InChI=1S/C13H26N2O2/c1-5-11(4)15(9-13(16)17)12-6-7-14(8-12)10(2)3/h10-12H,5-9H2,1-4H3,(H,16,17). The van der Waals surface area contributed by atoms with E-state index < -0.39 is 5.97 Å². The molecule has 2 atom stereocenters. The normalized spacial score (nSPS) is 23.5. The van der Waals surface area contributed by atoms with Crippen LogP contribution < -0.4 is 0 Å². The van der Waals surface area contributed by atoms with Gasteiger partial charge in [0.2, 0.25) is 0 Å². The van der Waals surface area contributed by atoms with Crippen molar-refractivity contribution in [2.45, 2.75) is 58.7 Å². The summed E-state index contributed by atoms with van der Waals surface area (Å²) < 4.78 is 0. The van der Waals surface area contributed by atoms with Crippen LogP contribution in [0.15, 0.2) is 0 Å². The molecule has 100 valence electrons. The molecule has 4 nitrogen and oxygen atoms in total. The molecule has 17 heavy (non-hydrogen) atoms. The fraction of sp³-hybridized carbons (Fsp3) is 0.923. The maximum Gasteiger partial charge on any atom is 0.317 e. The Balaban J connectivity index is 2.62. The number of likely N-dealkylation sites (tertiary alicyclic amines) is 1. The fourth-order valence-corrected chi connectivity index (χ4v) is 2.54. The lowest BCUT2D eigenvalue weighted by Gasteiger charge is -2.33. The third-order valence-corrected chi connectivity index (χ3v) is 3.87. The first-order valence-corrected chi connectivity index (χ1v) is 6.67. The van der Waals surface area contributed by atoms with Crippen molar-refractivity contribution in [2.75, 3.05) is 19.6 Å². The Kier molecular flexibility index (Phi) is 5.40. The molecule has 0 saturated carbocycles. The van der Waals surface area contributed by atoms with Crippen molar-refractivity contribution in [3.8, 4) is 0 Å². The average molecular weight is 242 g/mol. The molecule has 0 aliphatic carbocycles. The monoisotopic (exact) mass is 242 g/mol. The molecule has 0 bridgehead atoms.